The van der Waals surface area contributed by atoms with E-state index in [1.54, 1.807) is 0 Å². The van der Waals surface area contributed by atoms with E-state index in [0.29, 0.717) is 0 Å². The Morgan fingerprint density at radius 3 is 2.32 bits per heavy atom. The molecule has 0 radical (unpaired) electrons. The van der Waals surface area contributed by atoms with Crippen molar-refractivity contribution in [1.29, 1.82) is 0 Å². The first-order valence-electron chi connectivity index (χ1n) is 7.62. The lowest BCUT2D eigenvalue weighted by Crippen LogP contribution is -2.48. The second-order valence-corrected chi connectivity index (χ2v) is 3.64. The number of carbonyl (C=O) groups excluding carboxylic acids is 4. The van der Waals surface area contributed by atoms with E-state index >= 15 is 0 Å². The molecule has 0 saturated carbocycles. The molecule has 11 heteroatoms. The Kier molecular flexibility index (Phi) is 6.05. The number of hydrogen-bond acceptors (Lipinski definition) is 8. The number of nitrogens with zero attached hydrogens (tertiary/aromatic N) is 3. The van der Waals surface area contributed by atoms with Crippen molar-refractivity contribution in [2.24, 2.45) is 5.11 Å². The van der Waals surface area contributed by atoms with Gasteiger partial charge >= 0.3 is 17.9 Å². The van der Waals surface area contributed by atoms with Crippen molar-refractivity contribution in [3.8, 4) is 0 Å². The van der Waals surface area contributed by atoms with Crippen LogP contribution in [-0.4, -0.2) is 53.8 Å². The summed E-state index contributed by atoms with van der Waals surface area (Å²) in [5.41, 5.74) is 8.30. The molecule has 0 unspecified atom stereocenters. The predicted molar refractivity (Wildman–Crippen MR) is 67.9 cm³/mol. The second-order valence-electron chi connectivity index (χ2n) is 3.64. The van der Waals surface area contributed by atoms with E-state index < -0.39 is 69.4 Å². The molecule has 0 bridgehead atoms. The highest BCUT2D eigenvalue weighted by atomic mass is 16.6. The molecular formula is C11H15N3O8. The van der Waals surface area contributed by atoms with Crippen LogP contribution in [0.15, 0.2) is 5.11 Å². The zero-order valence-corrected chi connectivity index (χ0v) is 11.2. The number of azide groups is 1. The molecule has 1 amide bonds. The number of carbonyl (C=O) groups is 4. The van der Waals surface area contributed by atoms with E-state index in [0.717, 1.165) is 0 Å². The Bertz CT molecular complexity index is 555. The highest BCUT2D eigenvalue weighted by molar-refractivity contribution is 5.85. The Hall–Kier alpha value is -2.65. The predicted octanol–water partition coefficient (Wildman–Crippen LogP) is -0.389. The number of esters is 3. The zero-order chi connectivity index (χ0) is 19.4. The molecule has 0 fully saturated rings. The molecule has 0 heterocycles. The van der Waals surface area contributed by atoms with Crippen molar-refractivity contribution in [2.75, 3.05) is 6.61 Å². The first kappa shape index (κ1) is 14.3. The largest absolute Gasteiger partial charge is 0.463 e. The van der Waals surface area contributed by atoms with Crippen molar-refractivity contribution < 1.29 is 42.6 Å². The van der Waals surface area contributed by atoms with Crippen LogP contribution in [0.3, 0.4) is 0 Å². The molecule has 0 saturated heterocycles. The van der Waals surface area contributed by atoms with Gasteiger partial charge in [-0.05, 0) is 10.6 Å². The first-order valence-corrected chi connectivity index (χ1v) is 5.50. The summed E-state index contributed by atoms with van der Waals surface area (Å²) in [6.07, 6.45) is -5.99. The summed E-state index contributed by atoms with van der Waals surface area (Å²) >= 11 is 0. The fourth-order valence-corrected chi connectivity index (χ4v) is 1.27. The number of amides is 1. The second kappa shape index (κ2) is 9.32. The third kappa shape index (κ3) is 7.22. The van der Waals surface area contributed by atoms with Crippen molar-refractivity contribution in [1.82, 2.24) is 0 Å². The normalized spacial score (nSPS) is 15.6. The van der Waals surface area contributed by atoms with Crippen molar-refractivity contribution in [2.45, 2.75) is 39.0 Å². The molecule has 0 aromatic carbocycles. The topological polar surface area (TPSA) is 165 Å². The minimum Gasteiger partial charge on any atom is -0.463 e. The van der Waals surface area contributed by atoms with E-state index in [1.807, 2.05) is 0 Å². The fraction of sp³-hybridized carbons (Fsp3) is 0.636. The van der Waals surface area contributed by atoms with Crippen LogP contribution < -0.4 is 0 Å². The molecule has 0 aromatic rings. The molecule has 0 aliphatic carbocycles. The van der Waals surface area contributed by atoms with Crippen LogP contribution in [0, 0.1) is 0 Å². The number of aliphatic hydroxyl groups excluding tert-OH is 1. The minimum absolute atomic E-state index is 0.765. The van der Waals surface area contributed by atoms with E-state index in [9.17, 15) is 24.3 Å². The Balaban J connectivity index is 5.52. The van der Waals surface area contributed by atoms with Crippen molar-refractivity contribution >= 4 is 23.8 Å². The number of aliphatic hydroxyl groups is 1. The average molecular weight is 320 g/mol. The Morgan fingerprint density at radius 1 is 1.18 bits per heavy atom. The molecule has 0 aliphatic rings. The summed E-state index contributed by atoms with van der Waals surface area (Å²) < 4.78 is 34.2. The maximum Gasteiger partial charge on any atom is 0.303 e. The summed E-state index contributed by atoms with van der Waals surface area (Å²) in [6, 6.07) is 0. The van der Waals surface area contributed by atoms with E-state index in [1.165, 1.54) is 0 Å². The zero-order valence-electron chi connectivity index (χ0n) is 14.2. The van der Waals surface area contributed by atoms with Gasteiger partial charge in [0.05, 0.1) is 0 Å². The van der Waals surface area contributed by atoms with E-state index in [-0.39, 0.29) is 0 Å². The summed E-state index contributed by atoms with van der Waals surface area (Å²) in [7, 11) is 0. The van der Waals surface area contributed by atoms with Gasteiger partial charge in [-0.25, -0.2) is 0 Å². The van der Waals surface area contributed by atoms with Gasteiger partial charge in [-0.2, -0.15) is 0 Å². The first-order chi connectivity index (χ1) is 11.8. The molecule has 3 atom stereocenters. The van der Waals surface area contributed by atoms with E-state index in [4.69, 9.17) is 9.64 Å². The highest BCUT2D eigenvalue weighted by Gasteiger charge is 2.39. The molecule has 0 rings (SSSR count). The lowest BCUT2D eigenvalue weighted by molar-refractivity contribution is -0.181. The van der Waals surface area contributed by atoms with Gasteiger partial charge in [0.15, 0.2) is 6.10 Å². The monoisotopic (exact) mass is 320 g/mol. The standard InChI is InChI=1S/C11H15N3O8/c1-5(15)20-4-8(18)9(21-6(2)16)10(22-7(3)17)11(19)13-14-12/h8-10,18H,4H2,1-3H3/t8-,9-,10-/m1/s1/i1D,2D,3D. The number of hydrogen-bond donors (Lipinski definition) is 1. The van der Waals surface area contributed by atoms with Gasteiger partial charge in [0.1, 0.15) is 12.7 Å². The van der Waals surface area contributed by atoms with Crippen LogP contribution in [0.5, 0.6) is 0 Å². The van der Waals surface area contributed by atoms with Crippen LogP contribution >= 0.6 is 0 Å². The molecule has 122 valence electrons. The third-order valence-electron chi connectivity index (χ3n) is 2.01. The number of rotatable bonds is 7. The van der Waals surface area contributed by atoms with Crippen LogP contribution in [0.1, 0.15) is 24.8 Å². The maximum atomic E-state index is 11.8. The molecule has 22 heavy (non-hydrogen) atoms. The van der Waals surface area contributed by atoms with Gasteiger partial charge < -0.3 is 19.3 Å². The number of ether oxygens (including phenoxy) is 3. The SMILES string of the molecule is [2H]CC(=O)OC[C@@H](O)[C@@H](OC(=O)C[2H])[C@@H](OC(=O)C[2H])C(=O)N=[N+]=[N-]. The molecule has 0 aromatic heterocycles. The van der Waals surface area contributed by atoms with Crippen LogP contribution in [-0.2, 0) is 33.4 Å². The molecule has 11 nitrogen and oxygen atoms in total. The fourth-order valence-electron chi connectivity index (χ4n) is 1.27. The minimum atomic E-state index is -2.12. The molecule has 0 aliphatic heterocycles. The summed E-state index contributed by atoms with van der Waals surface area (Å²) in [6.45, 7) is -3.45. The quantitative estimate of drug-likeness (QED) is 0.218. The third-order valence-corrected chi connectivity index (χ3v) is 2.01. The molecular weight excluding hydrogens is 302 g/mol. The maximum absolute atomic E-state index is 11.8. The van der Waals surface area contributed by atoms with E-state index in [2.05, 4.69) is 24.2 Å². The highest BCUT2D eigenvalue weighted by Crippen LogP contribution is 2.13. The van der Waals surface area contributed by atoms with Gasteiger partial charge in [-0.3, -0.25) is 19.2 Å². The summed E-state index contributed by atoms with van der Waals surface area (Å²) in [4.78, 5) is 47.5. The lowest BCUT2D eigenvalue weighted by atomic mass is 10.1. The van der Waals surface area contributed by atoms with Crippen LogP contribution in [0.2, 0.25) is 0 Å². The van der Waals surface area contributed by atoms with Gasteiger partial charge in [0.25, 0.3) is 5.91 Å². The summed E-state index contributed by atoms with van der Waals surface area (Å²) in [5, 5.41) is 12.6. The smallest absolute Gasteiger partial charge is 0.303 e. The van der Waals surface area contributed by atoms with Gasteiger partial charge in [-0.15, -0.1) is 0 Å². The average Bonchev–Trinajstić information content (AvgIpc) is 2.61. The lowest BCUT2D eigenvalue weighted by Gasteiger charge is -2.27. The van der Waals surface area contributed by atoms with Crippen molar-refractivity contribution in [3.05, 3.63) is 10.4 Å². The molecule has 0 spiro atoms. The van der Waals surface area contributed by atoms with Gasteiger partial charge in [-0.1, -0.05) is 0 Å². The van der Waals surface area contributed by atoms with Crippen LogP contribution in [0.25, 0.3) is 10.4 Å². The summed E-state index contributed by atoms with van der Waals surface area (Å²) in [5.74, 6) is -4.96. The Labute approximate surface area is 129 Å². The van der Waals surface area contributed by atoms with Gasteiger partial charge in [0.2, 0.25) is 6.10 Å². The molecule has 1 N–H and O–H groups in total. The van der Waals surface area contributed by atoms with Crippen molar-refractivity contribution in [3.63, 3.8) is 0 Å². The van der Waals surface area contributed by atoms with Crippen LogP contribution in [0.4, 0.5) is 0 Å². The Morgan fingerprint density at radius 2 is 1.77 bits per heavy atom. The van der Waals surface area contributed by atoms with Gasteiger partial charge in [0, 0.05) is 29.7 Å².